The van der Waals surface area contributed by atoms with Crippen molar-refractivity contribution in [3.05, 3.63) is 47.5 Å². The Hall–Kier alpha value is -2.17. The maximum Gasteiger partial charge on any atom is 0.269 e. The van der Waals surface area contributed by atoms with Crippen LogP contribution >= 0.6 is 0 Å². The van der Waals surface area contributed by atoms with Crippen molar-refractivity contribution in [2.75, 3.05) is 6.54 Å². The summed E-state index contributed by atoms with van der Waals surface area (Å²) in [6.45, 7) is 10.9. The van der Waals surface area contributed by atoms with Gasteiger partial charge >= 0.3 is 0 Å². The van der Waals surface area contributed by atoms with Gasteiger partial charge in [-0.2, -0.15) is 5.10 Å². The lowest BCUT2D eigenvalue weighted by molar-refractivity contribution is 0.0931. The maximum absolute atomic E-state index is 12.6. The van der Waals surface area contributed by atoms with E-state index in [4.69, 9.17) is 0 Å². The zero-order valence-electron chi connectivity index (χ0n) is 15.3. The number of carbonyl (C=O) groups is 1. The van der Waals surface area contributed by atoms with E-state index in [1.165, 1.54) is 0 Å². The number of amides is 1. The Morgan fingerprint density at radius 2 is 1.96 bits per heavy atom. The third-order valence-corrected chi connectivity index (χ3v) is 4.49. The quantitative estimate of drug-likeness (QED) is 0.844. The molecule has 0 aliphatic heterocycles. The lowest BCUT2D eigenvalue weighted by Gasteiger charge is -2.25. The Labute approximate surface area is 144 Å². The van der Waals surface area contributed by atoms with Crippen LogP contribution < -0.4 is 5.32 Å². The first-order valence-electron chi connectivity index (χ1n) is 8.64. The van der Waals surface area contributed by atoms with Crippen LogP contribution in [-0.2, 0) is 5.41 Å². The van der Waals surface area contributed by atoms with Crippen molar-refractivity contribution in [3.8, 4) is 0 Å². The van der Waals surface area contributed by atoms with Gasteiger partial charge in [0.25, 0.3) is 5.91 Å². The number of nitrogens with one attached hydrogen (secondary N) is 1. The zero-order chi connectivity index (χ0) is 17.7. The van der Waals surface area contributed by atoms with Crippen molar-refractivity contribution < 1.29 is 4.79 Å². The maximum atomic E-state index is 12.6. The lowest BCUT2D eigenvalue weighted by atomic mass is 9.88. The molecule has 2 heterocycles. The fourth-order valence-corrected chi connectivity index (χ4v) is 2.77. The molecule has 5 nitrogen and oxygen atoms in total. The molecular weight excluding hydrogens is 300 g/mol. The fourth-order valence-electron chi connectivity index (χ4n) is 2.77. The summed E-state index contributed by atoms with van der Waals surface area (Å²) in [6.07, 6.45) is 5.47. The third-order valence-electron chi connectivity index (χ3n) is 4.49. The molecular formula is C19H28N4O. The summed E-state index contributed by atoms with van der Waals surface area (Å²) >= 11 is 0. The highest BCUT2D eigenvalue weighted by atomic mass is 16.2. The molecule has 2 aromatic rings. The van der Waals surface area contributed by atoms with E-state index in [0.29, 0.717) is 12.2 Å². The molecule has 0 fully saturated rings. The highest BCUT2D eigenvalue weighted by Gasteiger charge is 2.24. The van der Waals surface area contributed by atoms with Crippen LogP contribution in [0.2, 0.25) is 0 Å². The number of carbonyl (C=O) groups excluding carboxylic acids is 1. The van der Waals surface area contributed by atoms with E-state index < -0.39 is 0 Å². The highest BCUT2D eigenvalue weighted by Crippen LogP contribution is 2.21. The first-order chi connectivity index (χ1) is 11.4. The van der Waals surface area contributed by atoms with Crippen LogP contribution in [0.1, 0.15) is 68.3 Å². The topological polar surface area (TPSA) is 59.8 Å². The van der Waals surface area contributed by atoms with Gasteiger partial charge in [-0.1, -0.05) is 33.8 Å². The third kappa shape index (κ3) is 4.02. The molecule has 0 unspecified atom stereocenters. The molecule has 2 aromatic heterocycles. The van der Waals surface area contributed by atoms with Gasteiger partial charge in [0.2, 0.25) is 0 Å². The van der Waals surface area contributed by atoms with Gasteiger partial charge in [0.1, 0.15) is 5.69 Å². The molecule has 0 saturated heterocycles. The van der Waals surface area contributed by atoms with Gasteiger partial charge in [-0.25, -0.2) is 0 Å². The summed E-state index contributed by atoms with van der Waals surface area (Å²) in [7, 11) is 0. The van der Waals surface area contributed by atoms with Crippen molar-refractivity contribution in [2.24, 2.45) is 0 Å². The summed E-state index contributed by atoms with van der Waals surface area (Å²) in [4.78, 5) is 17.1. The molecule has 2 rings (SSSR count). The number of rotatable bonds is 7. The van der Waals surface area contributed by atoms with Crippen molar-refractivity contribution in [2.45, 2.75) is 58.9 Å². The Bertz CT molecular complexity index is 669. The molecule has 24 heavy (non-hydrogen) atoms. The average Bonchev–Trinajstić information content (AvgIpc) is 3.04. The normalized spacial score (nSPS) is 11.8. The number of hydrogen-bond acceptors (Lipinski definition) is 3. The molecule has 0 bridgehead atoms. The standard InChI is InChI=1S/C19H28N4O/c1-6-15(7-2)23-16(10-11-22-23)18(24)21-13-19(4,5)17-9-8-14(3)12-20-17/h8-12,15H,6-7,13H2,1-5H3,(H,21,24). The van der Waals surface area contributed by atoms with Crippen LogP contribution in [0.25, 0.3) is 0 Å². The van der Waals surface area contributed by atoms with Crippen LogP contribution in [0.4, 0.5) is 0 Å². The smallest absolute Gasteiger partial charge is 0.269 e. The Morgan fingerprint density at radius 3 is 2.54 bits per heavy atom. The minimum atomic E-state index is -0.233. The molecule has 5 heteroatoms. The Balaban J connectivity index is 2.08. The predicted molar refractivity (Wildman–Crippen MR) is 96.2 cm³/mol. The van der Waals surface area contributed by atoms with Crippen LogP contribution in [0.3, 0.4) is 0 Å². The van der Waals surface area contributed by atoms with Crippen molar-refractivity contribution in [3.63, 3.8) is 0 Å². The van der Waals surface area contributed by atoms with Gasteiger partial charge in [0.05, 0.1) is 6.04 Å². The van der Waals surface area contributed by atoms with E-state index in [0.717, 1.165) is 24.1 Å². The predicted octanol–water partition coefficient (Wildman–Crippen LogP) is 3.66. The molecule has 0 saturated carbocycles. The van der Waals surface area contributed by atoms with E-state index in [2.05, 4.69) is 43.1 Å². The van der Waals surface area contributed by atoms with E-state index >= 15 is 0 Å². The number of pyridine rings is 1. The van der Waals surface area contributed by atoms with Crippen LogP contribution in [-0.4, -0.2) is 27.2 Å². The molecule has 1 N–H and O–H groups in total. The Kier molecular flexibility index (Phi) is 5.75. The van der Waals surface area contributed by atoms with Gasteiger partial charge in [0, 0.05) is 30.0 Å². The minimum Gasteiger partial charge on any atom is -0.350 e. The second-order valence-electron chi connectivity index (χ2n) is 6.92. The van der Waals surface area contributed by atoms with E-state index in [1.54, 1.807) is 12.3 Å². The molecule has 130 valence electrons. The summed E-state index contributed by atoms with van der Waals surface area (Å²) in [5.41, 5.74) is 2.49. The number of aryl methyl sites for hydroxylation is 1. The van der Waals surface area contributed by atoms with Gasteiger partial charge in [-0.05, 0) is 37.5 Å². The zero-order valence-corrected chi connectivity index (χ0v) is 15.3. The van der Waals surface area contributed by atoms with Gasteiger partial charge in [-0.3, -0.25) is 14.5 Å². The SMILES string of the molecule is CCC(CC)n1nccc1C(=O)NCC(C)(C)c1ccc(C)cn1. The van der Waals surface area contributed by atoms with Crippen LogP contribution in [0.5, 0.6) is 0 Å². The molecule has 0 atom stereocenters. The average molecular weight is 328 g/mol. The second-order valence-corrected chi connectivity index (χ2v) is 6.92. The van der Waals surface area contributed by atoms with Gasteiger partial charge in [-0.15, -0.1) is 0 Å². The molecule has 0 aliphatic rings. The van der Waals surface area contributed by atoms with Crippen molar-refractivity contribution >= 4 is 5.91 Å². The van der Waals surface area contributed by atoms with Crippen LogP contribution in [0.15, 0.2) is 30.6 Å². The van der Waals surface area contributed by atoms with E-state index in [1.807, 2.05) is 29.9 Å². The number of hydrogen-bond donors (Lipinski definition) is 1. The summed E-state index contributed by atoms with van der Waals surface area (Å²) in [5, 5.41) is 7.38. The number of aromatic nitrogens is 3. The molecule has 0 spiro atoms. The van der Waals surface area contributed by atoms with E-state index in [9.17, 15) is 4.79 Å². The summed E-state index contributed by atoms with van der Waals surface area (Å²) in [5.74, 6) is -0.0837. The fraction of sp³-hybridized carbons (Fsp3) is 0.526. The van der Waals surface area contributed by atoms with E-state index in [-0.39, 0.29) is 17.4 Å². The minimum absolute atomic E-state index is 0.0837. The van der Waals surface area contributed by atoms with Crippen molar-refractivity contribution in [1.29, 1.82) is 0 Å². The van der Waals surface area contributed by atoms with Crippen LogP contribution in [0, 0.1) is 6.92 Å². The monoisotopic (exact) mass is 328 g/mol. The molecule has 0 radical (unpaired) electrons. The molecule has 0 aromatic carbocycles. The van der Waals surface area contributed by atoms with Gasteiger partial charge in [0.15, 0.2) is 0 Å². The summed E-state index contributed by atoms with van der Waals surface area (Å²) in [6, 6.07) is 6.11. The summed E-state index contributed by atoms with van der Waals surface area (Å²) < 4.78 is 1.84. The van der Waals surface area contributed by atoms with Gasteiger partial charge < -0.3 is 5.32 Å². The lowest BCUT2D eigenvalue weighted by Crippen LogP contribution is -2.38. The molecule has 1 amide bonds. The molecule has 0 aliphatic carbocycles. The van der Waals surface area contributed by atoms with Crippen molar-refractivity contribution in [1.82, 2.24) is 20.1 Å². The highest BCUT2D eigenvalue weighted by molar-refractivity contribution is 5.92. The Morgan fingerprint density at radius 1 is 1.25 bits per heavy atom. The number of nitrogens with zero attached hydrogens (tertiary/aromatic N) is 3. The largest absolute Gasteiger partial charge is 0.350 e. The second kappa shape index (κ2) is 7.60. The first kappa shape index (κ1) is 18.2. The first-order valence-corrected chi connectivity index (χ1v) is 8.64.